The lowest BCUT2D eigenvalue weighted by atomic mass is 10.2. The fourth-order valence-corrected chi connectivity index (χ4v) is 3.04. The molecule has 138 valence electrons. The Morgan fingerprint density at radius 1 is 1.23 bits per heavy atom. The van der Waals surface area contributed by atoms with Crippen LogP contribution in [0.2, 0.25) is 0 Å². The molecule has 0 unspecified atom stereocenters. The van der Waals surface area contributed by atoms with E-state index in [-0.39, 0.29) is 17.8 Å². The number of carbonyl (C=O) groups excluding carboxylic acids is 2. The molecule has 1 aromatic heterocycles. The van der Waals surface area contributed by atoms with Crippen molar-refractivity contribution in [2.75, 3.05) is 24.2 Å². The van der Waals surface area contributed by atoms with Crippen molar-refractivity contribution < 1.29 is 22.7 Å². The molecule has 0 aliphatic carbocycles. The molecule has 8 nitrogen and oxygen atoms in total. The maximum Gasteiger partial charge on any atom is 0.337 e. The molecule has 1 N–H and O–H groups in total. The smallest absolute Gasteiger partial charge is 0.337 e. The Morgan fingerprint density at radius 2 is 2.00 bits per heavy atom. The van der Waals surface area contributed by atoms with Crippen molar-refractivity contribution in [1.29, 1.82) is 0 Å². The molecule has 0 atom stereocenters. The number of rotatable bonds is 7. The van der Waals surface area contributed by atoms with E-state index in [9.17, 15) is 18.0 Å². The highest BCUT2D eigenvalue weighted by Crippen LogP contribution is 2.19. The van der Waals surface area contributed by atoms with Crippen LogP contribution in [0.5, 0.6) is 0 Å². The number of ether oxygens (including phenoxy) is 1. The molecule has 1 aromatic carbocycles. The Bertz CT molecular complexity index is 884. The second-order valence-electron chi connectivity index (χ2n) is 5.45. The number of hydrogen-bond acceptors (Lipinski definition) is 6. The normalized spacial score (nSPS) is 10.8. The Labute approximate surface area is 151 Å². The van der Waals surface area contributed by atoms with Crippen LogP contribution in [-0.4, -0.2) is 45.2 Å². The first-order chi connectivity index (χ1) is 12.3. The number of sulfonamides is 1. The predicted molar refractivity (Wildman–Crippen MR) is 96.1 cm³/mol. The van der Waals surface area contributed by atoms with Crippen LogP contribution in [0.3, 0.4) is 0 Å². The SMILES string of the molecule is COC(=O)c1cccc(N(CC(=O)NCc2cccnc2)S(C)(=O)=O)c1. The van der Waals surface area contributed by atoms with Gasteiger partial charge in [0.2, 0.25) is 15.9 Å². The topological polar surface area (TPSA) is 106 Å². The largest absolute Gasteiger partial charge is 0.465 e. The molecule has 26 heavy (non-hydrogen) atoms. The van der Waals surface area contributed by atoms with E-state index >= 15 is 0 Å². The molecule has 0 bridgehead atoms. The molecule has 0 aliphatic rings. The minimum absolute atomic E-state index is 0.189. The Balaban J connectivity index is 2.15. The third-order valence-corrected chi connectivity index (χ3v) is 4.60. The van der Waals surface area contributed by atoms with Crippen molar-refractivity contribution in [2.45, 2.75) is 6.54 Å². The summed E-state index contributed by atoms with van der Waals surface area (Å²) in [7, 11) is -2.51. The summed E-state index contributed by atoms with van der Waals surface area (Å²) in [6.45, 7) is -0.184. The van der Waals surface area contributed by atoms with Gasteiger partial charge in [-0.05, 0) is 29.8 Å². The number of pyridine rings is 1. The van der Waals surface area contributed by atoms with Crippen molar-refractivity contribution in [3.8, 4) is 0 Å². The summed E-state index contributed by atoms with van der Waals surface area (Å²) in [6.07, 6.45) is 4.21. The number of carbonyl (C=O) groups is 2. The monoisotopic (exact) mass is 377 g/mol. The Morgan fingerprint density at radius 3 is 2.62 bits per heavy atom. The number of esters is 1. The van der Waals surface area contributed by atoms with Gasteiger partial charge in [0, 0.05) is 18.9 Å². The zero-order chi connectivity index (χ0) is 19.2. The van der Waals surface area contributed by atoms with E-state index in [0.717, 1.165) is 16.1 Å². The lowest BCUT2D eigenvalue weighted by Crippen LogP contribution is -2.40. The summed E-state index contributed by atoms with van der Waals surface area (Å²) in [5, 5.41) is 2.64. The van der Waals surface area contributed by atoms with Crippen molar-refractivity contribution in [1.82, 2.24) is 10.3 Å². The first kappa shape index (κ1) is 19.4. The first-order valence-electron chi connectivity index (χ1n) is 7.63. The molecule has 0 radical (unpaired) electrons. The Kier molecular flexibility index (Phi) is 6.29. The van der Waals surface area contributed by atoms with Crippen LogP contribution >= 0.6 is 0 Å². The van der Waals surface area contributed by atoms with Crippen LogP contribution in [0, 0.1) is 0 Å². The quantitative estimate of drug-likeness (QED) is 0.720. The van der Waals surface area contributed by atoms with Gasteiger partial charge in [0.15, 0.2) is 0 Å². The highest BCUT2D eigenvalue weighted by atomic mass is 32.2. The lowest BCUT2D eigenvalue weighted by Gasteiger charge is -2.22. The van der Waals surface area contributed by atoms with Gasteiger partial charge in [0.1, 0.15) is 6.54 Å². The summed E-state index contributed by atoms with van der Waals surface area (Å²) < 4.78 is 29.8. The van der Waals surface area contributed by atoms with Gasteiger partial charge in [-0.1, -0.05) is 12.1 Å². The first-order valence-corrected chi connectivity index (χ1v) is 9.48. The van der Waals surface area contributed by atoms with Gasteiger partial charge in [-0.15, -0.1) is 0 Å². The number of nitrogens with zero attached hydrogens (tertiary/aromatic N) is 2. The van der Waals surface area contributed by atoms with Crippen LogP contribution < -0.4 is 9.62 Å². The van der Waals surface area contributed by atoms with E-state index < -0.39 is 28.4 Å². The fraction of sp³-hybridized carbons (Fsp3) is 0.235. The summed E-state index contributed by atoms with van der Waals surface area (Å²) in [5.74, 6) is -1.08. The standard InChI is InChI=1S/C17H19N3O5S/c1-25-17(22)14-6-3-7-15(9-14)20(26(2,23)24)12-16(21)19-11-13-5-4-8-18-10-13/h3-10H,11-12H2,1-2H3,(H,19,21). The predicted octanol–water partition coefficient (Wildman–Crippen LogP) is 0.951. The summed E-state index contributed by atoms with van der Waals surface area (Å²) in [4.78, 5) is 27.8. The van der Waals surface area contributed by atoms with E-state index in [1.807, 2.05) is 0 Å². The second kappa shape index (κ2) is 8.43. The molecule has 2 aromatic rings. The molecule has 1 heterocycles. The summed E-state index contributed by atoms with van der Waals surface area (Å²) >= 11 is 0. The number of aromatic nitrogens is 1. The molecule has 0 aliphatic heterocycles. The number of methoxy groups -OCH3 is 1. The van der Waals surface area contributed by atoms with E-state index in [2.05, 4.69) is 15.0 Å². The maximum absolute atomic E-state index is 12.2. The average Bonchev–Trinajstić information content (AvgIpc) is 2.63. The van der Waals surface area contributed by atoms with E-state index in [4.69, 9.17) is 0 Å². The molecule has 0 spiro atoms. The van der Waals surface area contributed by atoms with E-state index in [0.29, 0.717) is 0 Å². The second-order valence-corrected chi connectivity index (χ2v) is 7.36. The van der Waals surface area contributed by atoms with Gasteiger partial charge in [0.25, 0.3) is 0 Å². The highest BCUT2D eigenvalue weighted by Gasteiger charge is 2.21. The average molecular weight is 377 g/mol. The number of hydrogen-bond donors (Lipinski definition) is 1. The van der Waals surface area contributed by atoms with E-state index in [1.165, 1.54) is 31.4 Å². The van der Waals surface area contributed by atoms with Crippen molar-refractivity contribution in [3.63, 3.8) is 0 Å². The Hall–Kier alpha value is -2.94. The third-order valence-electron chi connectivity index (χ3n) is 3.46. The van der Waals surface area contributed by atoms with Crippen LogP contribution in [0.1, 0.15) is 15.9 Å². The summed E-state index contributed by atoms with van der Waals surface area (Å²) in [6, 6.07) is 9.42. The maximum atomic E-state index is 12.2. The highest BCUT2D eigenvalue weighted by molar-refractivity contribution is 7.92. The van der Waals surface area contributed by atoms with E-state index in [1.54, 1.807) is 24.5 Å². The molecule has 0 saturated carbocycles. The van der Waals surface area contributed by atoms with Crippen LogP contribution in [0.25, 0.3) is 0 Å². The summed E-state index contributed by atoms with van der Waals surface area (Å²) in [5.41, 5.74) is 1.18. The van der Waals surface area contributed by atoms with Crippen LogP contribution in [0.4, 0.5) is 5.69 Å². The molecule has 1 amide bonds. The molecular formula is C17H19N3O5S. The van der Waals surface area contributed by atoms with Gasteiger partial charge < -0.3 is 10.1 Å². The van der Waals surface area contributed by atoms with Crippen LogP contribution in [0.15, 0.2) is 48.8 Å². The van der Waals surface area contributed by atoms with Crippen LogP contribution in [-0.2, 0) is 26.1 Å². The number of amides is 1. The number of nitrogens with one attached hydrogen (secondary N) is 1. The van der Waals surface area contributed by atoms with Gasteiger partial charge in [-0.3, -0.25) is 14.1 Å². The van der Waals surface area contributed by atoms with Gasteiger partial charge >= 0.3 is 5.97 Å². The third kappa shape index (κ3) is 5.28. The number of anilines is 1. The van der Waals surface area contributed by atoms with Gasteiger partial charge in [0.05, 0.1) is 24.6 Å². The zero-order valence-corrected chi connectivity index (χ0v) is 15.2. The molecule has 0 fully saturated rings. The zero-order valence-electron chi connectivity index (χ0n) is 14.4. The molecule has 9 heteroatoms. The minimum Gasteiger partial charge on any atom is -0.465 e. The molecule has 2 rings (SSSR count). The van der Waals surface area contributed by atoms with Gasteiger partial charge in [-0.2, -0.15) is 0 Å². The van der Waals surface area contributed by atoms with Gasteiger partial charge in [-0.25, -0.2) is 13.2 Å². The fourth-order valence-electron chi connectivity index (χ4n) is 2.20. The lowest BCUT2D eigenvalue weighted by molar-refractivity contribution is -0.119. The molecular weight excluding hydrogens is 358 g/mol. The van der Waals surface area contributed by atoms with Crippen molar-refractivity contribution in [2.24, 2.45) is 0 Å². The minimum atomic E-state index is -3.74. The number of benzene rings is 1. The molecule has 0 saturated heterocycles. The van der Waals surface area contributed by atoms with Crippen molar-refractivity contribution >= 4 is 27.6 Å². The van der Waals surface area contributed by atoms with Crippen molar-refractivity contribution in [3.05, 3.63) is 59.9 Å².